The second kappa shape index (κ2) is 6.92. The summed E-state index contributed by atoms with van der Waals surface area (Å²) in [5, 5.41) is 0. The standard InChI is InChI=1S/C15H24N2O3/c1-18-12-5-4-11(14(8-12)19-2)9-17-7-6-13(16)15(10-17)20-3/h4-5,8,13,15H,6-7,9-10,16H2,1-3H3. The van der Waals surface area contributed by atoms with Crippen LogP contribution < -0.4 is 15.2 Å². The van der Waals surface area contributed by atoms with E-state index in [-0.39, 0.29) is 12.1 Å². The summed E-state index contributed by atoms with van der Waals surface area (Å²) in [7, 11) is 5.06. The van der Waals surface area contributed by atoms with Gasteiger partial charge in [0, 0.05) is 44.4 Å². The maximum Gasteiger partial charge on any atom is 0.127 e. The summed E-state index contributed by atoms with van der Waals surface area (Å²) >= 11 is 0. The third-order valence-electron chi connectivity index (χ3n) is 3.89. The second-order valence-electron chi connectivity index (χ2n) is 5.14. The van der Waals surface area contributed by atoms with E-state index in [0.29, 0.717) is 0 Å². The Kier molecular flexibility index (Phi) is 5.23. The SMILES string of the molecule is COc1ccc(CN2CCC(N)C(OC)C2)c(OC)c1. The Morgan fingerprint density at radius 2 is 2.05 bits per heavy atom. The van der Waals surface area contributed by atoms with Gasteiger partial charge in [0.1, 0.15) is 11.5 Å². The number of hydrogen-bond acceptors (Lipinski definition) is 5. The number of rotatable bonds is 5. The Morgan fingerprint density at radius 3 is 2.70 bits per heavy atom. The number of likely N-dealkylation sites (tertiary alicyclic amines) is 1. The molecule has 2 atom stereocenters. The summed E-state index contributed by atoms with van der Waals surface area (Å²) in [6.45, 7) is 2.67. The van der Waals surface area contributed by atoms with Crippen molar-refractivity contribution in [2.24, 2.45) is 5.73 Å². The molecule has 1 aromatic carbocycles. The smallest absolute Gasteiger partial charge is 0.127 e. The van der Waals surface area contributed by atoms with Crippen molar-refractivity contribution in [2.75, 3.05) is 34.4 Å². The third-order valence-corrected chi connectivity index (χ3v) is 3.89. The summed E-state index contributed by atoms with van der Waals surface area (Å²) in [6, 6.07) is 6.06. The largest absolute Gasteiger partial charge is 0.497 e. The van der Waals surface area contributed by atoms with E-state index in [4.69, 9.17) is 19.9 Å². The zero-order chi connectivity index (χ0) is 14.5. The van der Waals surface area contributed by atoms with Crippen LogP contribution in [-0.4, -0.2) is 51.5 Å². The van der Waals surface area contributed by atoms with Gasteiger partial charge in [0.2, 0.25) is 0 Å². The van der Waals surface area contributed by atoms with E-state index in [9.17, 15) is 0 Å². The lowest BCUT2D eigenvalue weighted by molar-refractivity contribution is 0.0138. The molecule has 1 aliphatic heterocycles. The van der Waals surface area contributed by atoms with Crippen molar-refractivity contribution in [1.29, 1.82) is 0 Å². The summed E-state index contributed by atoms with van der Waals surface area (Å²) in [4.78, 5) is 2.35. The van der Waals surface area contributed by atoms with Gasteiger partial charge in [-0.1, -0.05) is 6.07 Å². The van der Waals surface area contributed by atoms with Gasteiger partial charge in [-0.25, -0.2) is 0 Å². The first kappa shape index (κ1) is 15.1. The molecule has 0 saturated carbocycles. The Morgan fingerprint density at radius 1 is 1.25 bits per heavy atom. The first-order valence-electron chi connectivity index (χ1n) is 6.89. The lowest BCUT2D eigenvalue weighted by atomic mass is 10.0. The van der Waals surface area contributed by atoms with Crippen LogP contribution in [0, 0.1) is 0 Å². The number of ether oxygens (including phenoxy) is 3. The first-order chi connectivity index (χ1) is 9.67. The van der Waals surface area contributed by atoms with Crippen LogP contribution >= 0.6 is 0 Å². The van der Waals surface area contributed by atoms with Crippen LogP contribution in [0.25, 0.3) is 0 Å². The molecule has 2 unspecified atom stereocenters. The molecule has 20 heavy (non-hydrogen) atoms. The van der Waals surface area contributed by atoms with Crippen molar-refractivity contribution in [2.45, 2.75) is 25.1 Å². The normalized spacial score (nSPS) is 23.6. The predicted octanol–water partition coefficient (Wildman–Crippen LogP) is 1.25. The van der Waals surface area contributed by atoms with Crippen molar-refractivity contribution in [3.05, 3.63) is 23.8 Å². The maximum absolute atomic E-state index is 6.05. The molecule has 1 aromatic rings. The van der Waals surface area contributed by atoms with Crippen molar-refractivity contribution in [1.82, 2.24) is 4.90 Å². The van der Waals surface area contributed by atoms with Crippen LogP contribution in [-0.2, 0) is 11.3 Å². The Labute approximate surface area is 120 Å². The fraction of sp³-hybridized carbons (Fsp3) is 0.600. The summed E-state index contributed by atoms with van der Waals surface area (Å²) in [5.41, 5.74) is 7.20. The molecule has 0 amide bonds. The van der Waals surface area contributed by atoms with Crippen LogP contribution in [0.5, 0.6) is 11.5 Å². The highest BCUT2D eigenvalue weighted by Crippen LogP contribution is 2.26. The van der Waals surface area contributed by atoms with E-state index in [0.717, 1.165) is 43.1 Å². The van der Waals surface area contributed by atoms with E-state index < -0.39 is 0 Å². The first-order valence-corrected chi connectivity index (χ1v) is 6.89. The van der Waals surface area contributed by atoms with Gasteiger partial charge in [-0.05, 0) is 12.5 Å². The molecule has 1 aliphatic rings. The van der Waals surface area contributed by atoms with Crippen LogP contribution in [0.15, 0.2) is 18.2 Å². The lowest BCUT2D eigenvalue weighted by Gasteiger charge is -2.36. The quantitative estimate of drug-likeness (QED) is 0.880. The molecule has 1 heterocycles. The van der Waals surface area contributed by atoms with Gasteiger partial charge >= 0.3 is 0 Å². The van der Waals surface area contributed by atoms with E-state index in [1.54, 1.807) is 21.3 Å². The molecule has 1 fully saturated rings. The zero-order valence-electron chi connectivity index (χ0n) is 12.5. The molecule has 2 rings (SSSR count). The van der Waals surface area contributed by atoms with Gasteiger partial charge in [0.05, 0.1) is 20.3 Å². The minimum atomic E-state index is 0.105. The van der Waals surface area contributed by atoms with Crippen molar-refractivity contribution in [3.63, 3.8) is 0 Å². The van der Waals surface area contributed by atoms with Gasteiger partial charge < -0.3 is 19.9 Å². The fourth-order valence-corrected chi connectivity index (χ4v) is 2.62. The van der Waals surface area contributed by atoms with Gasteiger partial charge in [0.15, 0.2) is 0 Å². The second-order valence-corrected chi connectivity index (χ2v) is 5.14. The highest BCUT2D eigenvalue weighted by atomic mass is 16.5. The van der Waals surface area contributed by atoms with Crippen molar-refractivity contribution in [3.8, 4) is 11.5 Å². The minimum Gasteiger partial charge on any atom is -0.497 e. The summed E-state index contributed by atoms with van der Waals surface area (Å²) < 4.78 is 16.1. The lowest BCUT2D eigenvalue weighted by Crippen LogP contribution is -2.51. The Balaban J connectivity index is 2.06. The van der Waals surface area contributed by atoms with E-state index in [1.807, 2.05) is 18.2 Å². The number of nitrogens with zero attached hydrogens (tertiary/aromatic N) is 1. The van der Waals surface area contributed by atoms with E-state index in [1.165, 1.54) is 0 Å². The molecule has 0 aliphatic carbocycles. The Bertz CT molecular complexity index is 439. The highest BCUT2D eigenvalue weighted by Gasteiger charge is 2.26. The predicted molar refractivity (Wildman–Crippen MR) is 78.2 cm³/mol. The topological polar surface area (TPSA) is 57.0 Å². The number of methoxy groups -OCH3 is 3. The van der Waals surface area contributed by atoms with Gasteiger partial charge in [0.25, 0.3) is 0 Å². The summed E-state index contributed by atoms with van der Waals surface area (Å²) in [6.07, 6.45) is 1.06. The van der Waals surface area contributed by atoms with Crippen LogP contribution in [0.4, 0.5) is 0 Å². The van der Waals surface area contributed by atoms with Crippen molar-refractivity contribution < 1.29 is 14.2 Å². The molecule has 5 heteroatoms. The van der Waals surface area contributed by atoms with Gasteiger partial charge in [-0.15, -0.1) is 0 Å². The molecular formula is C15H24N2O3. The average Bonchev–Trinajstić information content (AvgIpc) is 2.49. The molecular weight excluding hydrogens is 256 g/mol. The van der Waals surface area contributed by atoms with Gasteiger partial charge in [-0.3, -0.25) is 4.90 Å². The molecule has 112 valence electrons. The van der Waals surface area contributed by atoms with Crippen LogP contribution in [0.2, 0.25) is 0 Å². The highest BCUT2D eigenvalue weighted by molar-refractivity contribution is 5.40. The van der Waals surface area contributed by atoms with Crippen molar-refractivity contribution >= 4 is 0 Å². The number of benzene rings is 1. The monoisotopic (exact) mass is 280 g/mol. The molecule has 0 bridgehead atoms. The fourth-order valence-electron chi connectivity index (χ4n) is 2.62. The van der Waals surface area contributed by atoms with Gasteiger partial charge in [-0.2, -0.15) is 0 Å². The zero-order valence-corrected chi connectivity index (χ0v) is 12.5. The Hall–Kier alpha value is -1.30. The number of hydrogen-bond donors (Lipinski definition) is 1. The van der Waals surface area contributed by atoms with E-state index in [2.05, 4.69) is 4.90 Å². The molecule has 5 nitrogen and oxygen atoms in total. The van der Waals surface area contributed by atoms with Crippen LogP contribution in [0.1, 0.15) is 12.0 Å². The average molecular weight is 280 g/mol. The number of nitrogens with two attached hydrogens (primary N) is 1. The summed E-state index contributed by atoms with van der Waals surface area (Å²) in [5.74, 6) is 1.66. The molecule has 1 saturated heterocycles. The molecule has 0 spiro atoms. The maximum atomic E-state index is 6.05. The molecule has 2 N–H and O–H groups in total. The van der Waals surface area contributed by atoms with Crippen LogP contribution in [0.3, 0.4) is 0 Å². The molecule has 0 aromatic heterocycles. The third kappa shape index (κ3) is 3.42. The minimum absolute atomic E-state index is 0.105. The number of piperidine rings is 1. The van der Waals surface area contributed by atoms with E-state index >= 15 is 0 Å². The molecule has 0 radical (unpaired) electrons.